The Kier molecular flexibility index (Phi) is 6.72. The molecule has 1 N–H and O–H groups in total. The number of hydrogen-bond donors (Lipinski definition) is 1. The number of rotatable bonds is 10. The number of ether oxygens (including phenoxy) is 1. The highest BCUT2D eigenvalue weighted by Gasteiger charge is 2.35. The standard InChI is InChI=1S/C26H33FN2O3S/c27-22-5-1-4-19(14-22)15-25-21(18-29-11-3-12-29)16-20-8-9-23(17-26(20)25)32-13-10-28-33(30,31)24-6-2-7-24/h1,4-5,8-9,14,17,21,24-25,28H,2-3,6-7,10-13,15-16,18H2. The van der Waals surface area contributed by atoms with Crippen molar-refractivity contribution in [1.82, 2.24) is 9.62 Å². The molecule has 7 heteroatoms. The summed E-state index contributed by atoms with van der Waals surface area (Å²) in [5, 5.41) is -0.232. The van der Waals surface area contributed by atoms with Crippen LogP contribution in [0.15, 0.2) is 42.5 Å². The van der Waals surface area contributed by atoms with Gasteiger partial charge in [0.2, 0.25) is 10.0 Å². The van der Waals surface area contributed by atoms with Crippen molar-refractivity contribution in [3.63, 3.8) is 0 Å². The summed E-state index contributed by atoms with van der Waals surface area (Å²) in [5.74, 6) is 1.41. The smallest absolute Gasteiger partial charge is 0.214 e. The van der Waals surface area contributed by atoms with E-state index in [0.717, 1.165) is 50.0 Å². The zero-order chi connectivity index (χ0) is 22.8. The molecule has 5 rings (SSSR count). The fourth-order valence-electron chi connectivity index (χ4n) is 5.31. The van der Waals surface area contributed by atoms with E-state index in [-0.39, 0.29) is 17.6 Å². The first-order valence-electron chi connectivity index (χ1n) is 12.2. The van der Waals surface area contributed by atoms with Crippen molar-refractivity contribution in [1.29, 1.82) is 0 Å². The van der Waals surface area contributed by atoms with Gasteiger partial charge >= 0.3 is 0 Å². The largest absolute Gasteiger partial charge is 0.492 e. The van der Waals surface area contributed by atoms with Crippen molar-refractivity contribution in [3.8, 4) is 5.75 Å². The van der Waals surface area contributed by atoms with E-state index in [0.29, 0.717) is 18.4 Å². The quantitative estimate of drug-likeness (QED) is 0.533. The van der Waals surface area contributed by atoms with Gasteiger partial charge in [-0.3, -0.25) is 0 Å². The highest BCUT2D eigenvalue weighted by atomic mass is 32.2. The maximum Gasteiger partial charge on any atom is 0.214 e. The predicted molar refractivity (Wildman–Crippen MR) is 128 cm³/mol. The highest BCUT2D eigenvalue weighted by Crippen LogP contribution is 2.42. The van der Waals surface area contributed by atoms with Crippen molar-refractivity contribution in [2.75, 3.05) is 32.8 Å². The third-order valence-electron chi connectivity index (χ3n) is 7.52. The Balaban J connectivity index is 1.26. The van der Waals surface area contributed by atoms with Gasteiger partial charge in [-0.15, -0.1) is 0 Å². The lowest BCUT2D eigenvalue weighted by molar-refractivity contribution is 0.145. The number of nitrogens with zero attached hydrogens (tertiary/aromatic N) is 1. The van der Waals surface area contributed by atoms with Crippen LogP contribution in [-0.2, 0) is 22.9 Å². The molecule has 33 heavy (non-hydrogen) atoms. The summed E-state index contributed by atoms with van der Waals surface area (Å²) in [7, 11) is -3.22. The molecular formula is C26H33FN2O3S. The molecule has 2 unspecified atom stereocenters. The lowest BCUT2D eigenvalue weighted by Gasteiger charge is -2.35. The van der Waals surface area contributed by atoms with E-state index >= 15 is 0 Å². The Morgan fingerprint density at radius 3 is 2.64 bits per heavy atom. The van der Waals surface area contributed by atoms with Gasteiger partial charge in [0.05, 0.1) is 5.25 Å². The number of nitrogens with one attached hydrogen (secondary N) is 1. The summed E-state index contributed by atoms with van der Waals surface area (Å²) in [4.78, 5) is 2.51. The molecule has 178 valence electrons. The Morgan fingerprint density at radius 1 is 1.09 bits per heavy atom. The molecule has 1 heterocycles. The zero-order valence-electron chi connectivity index (χ0n) is 19.0. The van der Waals surface area contributed by atoms with E-state index in [1.54, 1.807) is 12.1 Å². The van der Waals surface area contributed by atoms with Gasteiger partial charge in [-0.2, -0.15) is 0 Å². The van der Waals surface area contributed by atoms with Crippen LogP contribution in [0.2, 0.25) is 0 Å². The molecule has 1 saturated carbocycles. The average Bonchev–Trinajstić information content (AvgIpc) is 3.03. The first-order chi connectivity index (χ1) is 16.0. The van der Waals surface area contributed by atoms with Crippen molar-refractivity contribution in [2.45, 2.75) is 49.7 Å². The van der Waals surface area contributed by atoms with Crippen LogP contribution in [0.1, 0.15) is 48.3 Å². The fraction of sp³-hybridized carbons (Fsp3) is 0.538. The molecule has 3 aliphatic rings. The molecule has 5 nitrogen and oxygen atoms in total. The monoisotopic (exact) mass is 472 g/mol. The van der Waals surface area contributed by atoms with Crippen LogP contribution < -0.4 is 9.46 Å². The lowest BCUT2D eigenvalue weighted by Crippen LogP contribution is -2.41. The van der Waals surface area contributed by atoms with Gasteiger partial charge in [0.25, 0.3) is 0 Å². The molecule has 2 aromatic rings. The summed E-state index contributed by atoms with van der Waals surface area (Å²) >= 11 is 0. The van der Waals surface area contributed by atoms with Gasteiger partial charge in [-0.1, -0.05) is 24.6 Å². The van der Waals surface area contributed by atoms with Crippen molar-refractivity contribution in [3.05, 3.63) is 65.0 Å². The molecule has 2 atom stereocenters. The van der Waals surface area contributed by atoms with Crippen molar-refractivity contribution >= 4 is 10.0 Å². The number of fused-ring (bicyclic) bond motifs is 1. The van der Waals surface area contributed by atoms with E-state index < -0.39 is 10.0 Å². The number of sulfonamides is 1. The minimum atomic E-state index is -3.22. The summed E-state index contributed by atoms with van der Waals surface area (Å²) in [6.45, 7) is 4.00. The zero-order valence-corrected chi connectivity index (χ0v) is 19.8. The molecule has 0 bridgehead atoms. The fourth-order valence-corrected chi connectivity index (χ4v) is 6.86. The van der Waals surface area contributed by atoms with E-state index in [1.807, 2.05) is 12.1 Å². The molecular weight excluding hydrogens is 439 g/mol. The second kappa shape index (κ2) is 9.72. The summed E-state index contributed by atoms with van der Waals surface area (Å²) in [5.41, 5.74) is 3.66. The summed E-state index contributed by atoms with van der Waals surface area (Å²) < 4.78 is 46.8. The van der Waals surface area contributed by atoms with Crippen LogP contribution in [0, 0.1) is 11.7 Å². The Hall–Kier alpha value is -1.96. The first-order valence-corrected chi connectivity index (χ1v) is 13.7. The van der Waals surface area contributed by atoms with Gasteiger partial charge in [0, 0.05) is 13.1 Å². The molecule has 0 radical (unpaired) electrons. The Labute approximate surface area is 196 Å². The van der Waals surface area contributed by atoms with Gasteiger partial charge in [0.1, 0.15) is 18.2 Å². The van der Waals surface area contributed by atoms with Crippen LogP contribution in [0.4, 0.5) is 4.39 Å². The van der Waals surface area contributed by atoms with Gasteiger partial charge in [-0.05, 0) is 98.0 Å². The molecule has 2 fully saturated rings. The average molecular weight is 473 g/mol. The number of likely N-dealkylation sites (tertiary alicyclic amines) is 1. The topological polar surface area (TPSA) is 58.6 Å². The third kappa shape index (κ3) is 5.26. The molecule has 1 saturated heterocycles. The van der Waals surface area contributed by atoms with Crippen LogP contribution >= 0.6 is 0 Å². The predicted octanol–water partition coefficient (Wildman–Crippen LogP) is 3.88. The van der Waals surface area contributed by atoms with Gasteiger partial charge < -0.3 is 9.64 Å². The molecule has 2 aromatic carbocycles. The molecule has 1 aliphatic heterocycles. The van der Waals surface area contributed by atoms with Crippen molar-refractivity contribution < 1.29 is 17.5 Å². The van der Waals surface area contributed by atoms with Crippen LogP contribution in [-0.4, -0.2) is 51.4 Å². The molecule has 0 amide bonds. The Bertz CT molecular complexity index is 1080. The minimum Gasteiger partial charge on any atom is -0.492 e. The van der Waals surface area contributed by atoms with Crippen LogP contribution in [0.5, 0.6) is 5.75 Å². The highest BCUT2D eigenvalue weighted by molar-refractivity contribution is 7.90. The van der Waals surface area contributed by atoms with E-state index in [9.17, 15) is 12.8 Å². The second-order valence-corrected chi connectivity index (χ2v) is 11.8. The minimum absolute atomic E-state index is 0.188. The van der Waals surface area contributed by atoms with Gasteiger partial charge in [-0.25, -0.2) is 17.5 Å². The van der Waals surface area contributed by atoms with Crippen LogP contribution in [0.3, 0.4) is 0 Å². The van der Waals surface area contributed by atoms with Gasteiger partial charge in [0.15, 0.2) is 0 Å². The van der Waals surface area contributed by atoms with Crippen molar-refractivity contribution in [2.24, 2.45) is 5.92 Å². The molecule has 0 spiro atoms. The second-order valence-electron chi connectivity index (χ2n) is 9.76. The van der Waals surface area contributed by atoms with E-state index in [2.05, 4.69) is 21.8 Å². The summed E-state index contributed by atoms with van der Waals surface area (Å²) in [6.07, 6.45) is 5.63. The SMILES string of the molecule is O=S(=O)(NCCOc1ccc2c(c1)C(Cc1cccc(F)c1)C(CN1CCC1)C2)C1CCC1. The maximum absolute atomic E-state index is 13.8. The van der Waals surface area contributed by atoms with E-state index in [1.165, 1.54) is 36.7 Å². The van der Waals surface area contributed by atoms with E-state index in [4.69, 9.17) is 4.74 Å². The summed E-state index contributed by atoms with van der Waals surface area (Å²) in [6, 6.07) is 13.2. The van der Waals surface area contributed by atoms with Crippen LogP contribution in [0.25, 0.3) is 0 Å². The normalized spacial score (nSPS) is 23.1. The lowest BCUT2D eigenvalue weighted by atomic mass is 9.86. The number of hydrogen-bond acceptors (Lipinski definition) is 4. The Morgan fingerprint density at radius 2 is 1.94 bits per heavy atom. The molecule has 0 aromatic heterocycles. The number of halogens is 1. The third-order valence-corrected chi connectivity index (χ3v) is 9.47. The molecule has 2 aliphatic carbocycles. The first kappa shape index (κ1) is 22.8. The number of benzene rings is 2. The maximum atomic E-state index is 13.8.